The van der Waals surface area contributed by atoms with E-state index in [2.05, 4.69) is 15.9 Å². The molecule has 0 aliphatic rings. The highest BCUT2D eigenvalue weighted by Crippen LogP contribution is 2.23. The third-order valence-electron chi connectivity index (χ3n) is 2.94. The van der Waals surface area contributed by atoms with Gasteiger partial charge in [0.2, 0.25) is 0 Å². The Bertz CT molecular complexity index is 433. The molecule has 0 spiro atoms. The summed E-state index contributed by atoms with van der Waals surface area (Å²) in [6, 6.07) is 2.43. The first kappa shape index (κ1) is 15.2. The molecule has 0 heterocycles. The molecule has 100 valence electrons. The highest BCUT2D eigenvalue weighted by atomic mass is 79.9. The van der Waals surface area contributed by atoms with Crippen molar-refractivity contribution in [3.8, 4) is 0 Å². The molecule has 18 heavy (non-hydrogen) atoms. The summed E-state index contributed by atoms with van der Waals surface area (Å²) < 4.78 is 27.3. The second-order valence-corrected chi connectivity index (χ2v) is 5.11. The monoisotopic (exact) mass is 319 g/mol. The molecule has 1 atom stereocenters. The normalized spacial score (nSPS) is 12.5. The fraction of sp³-hybridized carbons (Fsp3) is 0.462. The van der Waals surface area contributed by atoms with E-state index < -0.39 is 11.6 Å². The third-order valence-corrected chi connectivity index (χ3v) is 3.55. The largest absolute Gasteiger partial charge is 0.330 e. The van der Waals surface area contributed by atoms with Gasteiger partial charge < -0.3 is 5.73 Å². The van der Waals surface area contributed by atoms with E-state index >= 15 is 0 Å². The van der Waals surface area contributed by atoms with Crippen molar-refractivity contribution >= 4 is 21.7 Å². The van der Waals surface area contributed by atoms with Gasteiger partial charge in [0.1, 0.15) is 17.4 Å². The summed E-state index contributed by atoms with van der Waals surface area (Å²) in [5.41, 5.74) is 5.32. The molecule has 0 bridgehead atoms. The molecule has 1 rings (SSSR count). The minimum absolute atomic E-state index is 0.0794. The molecule has 5 heteroatoms. The molecule has 0 fully saturated rings. The molecule has 1 unspecified atom stereocenters. The summed E-state index contributed by atoms with van der Waals surface area (Å²) >= 11 is 2.98. The predicted molar refractivity (Wildman–Crippen MR) is 70.2 cm³/mol. The van der Waals surface area contributed by atoms with Crippen molar-refractivity contribution in [2.75, 3.05) is 6.54 Å². The maximum atomic E-state index is 13.7. The van der Waals surface area contributed by atoms with E-state index in [1.807, 2.05) is 6.92 Å². The van der Waals surface area contributed by atoms with Crippen molar-refractivity contribution < 1.29 is 13.6 Å². The second-order valence-electron chi connectivity index (χ2n) is 4.25. The van der Waals surface area contributed by atoms with Gasteiger partial charge in [0.05, 0.1) is 4.47 Å². The standard InChI is InChI=1S/C13H16BrF2NO/c1-2-8(7-17)5-9(18)6-10-12(15)4-3-11(14)13(10)16/h3-4,8H,2,5-7,17H2,1H3. The van der Waals surface area contributed by atoms with Crippen molar-refractivity contribution in [1.82, 2.24) is 0 Å². The van der Waals surface area contributed by atoms with Crippen molar-refractivity contribution in [3.63, 3.8) is 0 Å². The zero-order valence-corrected chi connectivity index (χ0v) is 11.8. The Morgan fingerprint density at radius 3 is 2.67 bits per heavy atom. The summed E-state index contributed by atoms with van der Waals surface area (Å²) in [5.74, 6) is -1.51. The summed E-state index contributed by atoms with van der Waals surface area (Å²) in [6.07, 6.45) is 0.817. The van der Waals surface area contributed by atoms with Gasteiger partial charge in [-0.3, -0.25) is 4.79 Å². The summed E-state index contributed by atoms with van der Waals surface area (Å²) in [5, 5.41) is 0. The first-order valence-corrected chi connectivity index (χ1v) is 6.63. The summed E-state index contributed by atoms with van der Waals surface area (Å²) in [4.78, 5) is 11.8. The van der Waals surface area contributed by atoms with Gasteiger partial charge in [-0.2, -0.15) is 0 Å². The fourth-order valence-corrected chi connectivity index (χ4v) is 2.09. The Morgan fingerprint density at radius 2 is 2.11 bits per heavy atom. The molecular weight excluding hydrogens is 304 g/mol. The number of halogens is 3. The minimum atomic E-state index is -0.704. The smallest absolute Gasteiger partial charge is 0.143 e. The predicted octanol–water partition coefficient (Wildman–Crippen LogP) is 3.21. The summed E-state index contributed by atoms with van der Waals surface area (Å²) in [6.45, 7) is 2.34. The van der Waals surface area contributed by atoms with E-state index in [1.165, 1.54) is 6.07 Å². The van der Waals surface area contributed by atoms with E-state index in [-0.39, 0.29) is 34.6 Å². The summed E-state index contributed by atoms with van der Waals surface area (Å²) in [7, 11) is 0. The number of rotatable bonds is 6. The van der Waals surface area contributed by atoms with Gasteiger partial charge in [-0.05, 0) is 40.5 Å². The van der Waals surface area contributed by atoms with Gasteiger partial charge >= 0.3 is 0 Å². The number of hydrogen-bond acceptors (Lipinski definition) is 2. The number of nitrogens with two attached hydrogens (primary N) is 1. The Balaban J connectivity index is 2.79. The van der Waals surface area contributed by atoms with Gasteiger partial charge in [0.25, 0.3) is 0 Å². The lowest BCUT2D eigenvalue weighted by Crippen LogP contribution is -2.19. The van der Waals surface area contributed by atoms with Gasteiger partial charge in [-0.15, -0.1) is 0 Å². The number of benzene rings is 1. The molecule has 0 saturated heterocycles. The maximum Gasteiger partial charge on any atom is 0.143 e. The van der Waals surface area contributed by atoms with Crippen molar-refractivity contribution in [1.29, 1.82) is 0 Å². The zero-order chi connectivity index (χ0) is 13.7. The first-order valence-electron chi connectivity index (χ1n) is 5.83. The van der Waals surface area contributed by atoms with Gasteiger partial charge in [-0.25, -0.2) is 8.78 Å². The van der Waals surface area contributed by atoms with Crippen LogP contribution in [0.2, 0.25) is 0 Å². The van der Waals surface area contributed by atoms with Crippen LogP contribution in [0.4, 0.5) is 8.78 Å². The Morgan fingerprint density at radius 1 is 1.44 bits per heavy atom. The lowest BCUT2D eigenvalue weighted by molar-refractivity contribution is -0.119. The minimum Gasteiger partial charge on any atom is -0.330 e. The average Bonchev–Trinajstić information content (AvgIpc) is 2.36. The molecule has 0 aliphatic heterocycles. The molecule has 2 nitrogen and oxygen atoms in total. The molecule has 1 aromatic carbocycles. The number of Topliss-reactive ketones (excluding diaryl/α,β-unsaturated/α-hetero) is 1. The SMILES string of the molecule is CCC(CN)CC(=O)Cc1c(F)ccc(Br)c1F. The van der Waals surface area contributed by atoms with Gasteiger partial charge in [0.15, 0.2) is 0 Å². The molecular formula is C13H16BrF2NO. The van der Waals surface area contributed by atoms with E-state index in [0.717, 1.165) is 12.5 Å². The van der Waals surface area contributed by atoms with E-state index in [9.17, 15) is 13.6 Å². The maximum absolute atomic E-state index is 13.7. The quantitative estimate of drug-likeness (QED) is 0.818. The number of ketones is 1. The van der Waals surface area contributed by atoms with Crippen LogP contribution < -0.4 is 5.73 Å². The van der Waals surface area contributed by atoms with Crippen LogP contribution in [0, 0.1) is 17.6 Å². The number of carbonyl (C=O) groups excluding carboxylic acids is 1. The molecule has 2 N–H and O–H groups in total. The highest BCUT2D eigenvalue weighted by molar-refractivity contribution is 9.10. The highest BCUT2D eigenvalue weighted by Gasteiger charge is 2.17. The Kier molecular flexibility index (Phi) is 5.88. The number of carbonyl (C=O) groups is 1. The van der Waals surface area contributed by atoms with Crippen LogP contribution >= 0.6 is 15.9 Å². The lowest BCUT2D eigenvalue weighted by Gasteiger charge is -2.11. The van der Waals surface area contributed by atoms with Crippen LogP contribution in [0.5, 0.6) is 0 Å². The van der Waals surface area contributed by atoms with E-state index in [0.29, 0.717) is 6.54 Å². The van der Waals surface area contributed by atoms with Gasteiger partial charge in [-0.1, -0.05) is 13.3 Å². The van der Waals surface area contributed by atoms with E-state index in [4.69, 9.17) is 5.73 Å². The zero-order valence-electron chi connectivity index (χ0n) is 10.2. The topological polar surface area (TPSA) is 43.1 Å². The van der Waals surface area contributed by atoms with E-state index in [1.54, 1.807) is 0 Å². The van der Waals surface area contributed by atoms with Gasteiger partial charge in [0, 0.05) is 18.4 Å². The van der Waals surface area contributed by atoms with Crippen LogP contribution in [-0.4, -0.2) is 12.3 Å². The first-order chi connectivity index (χ1) is 8.49. The molecule has 1 aromatic rings. The van der Waals surface area contributed by atoms with Crippen molar-refractivity contribution in [2.24, 2.45) is 11.7 Å². The van der Waals surface area contributed by atoms with Crippen molar-refractivity contribution in [3.05, 3.63) is 33.8 Å². The van der Waals surface area contributed by atoms with Crippen LogP contribution in [0.15, 0.2) is 16.6 Å². The second kappa shape index (κ2) is 6.95. The molecule has 0 amide bonds. The average molecular weight is 320 g/mol. The molecule has 0 aliphatic carbocycles. The van der Waals surface area contributed by atoms with Crippen LogP contribution in [0.25, 0.3) is 0 Å². The van der Waals surface area contributed by atoms with Crippen molar-refractivity contribution in [2.45, 2.75) is 26.2 Å². The van der Waals surface area contributed by atoms with Crippen LogP contribution in [-0.2, 0) is 11.2 Å². The van der Waals surface area contributed by atoms with Crippen LogP contribution in [0.1, 0.15) is 25.3 Å². The Hall–Kier alpha value is -0.810. The fourth-order valence-electron chi connectivity index (χ4n) is 1.72. The van der Waals surface area contributed by atoms with Crippen LogP contribution in [0.3, 0.4) is 0 Å². The third kappa shape index (κ3) is 3.85. The number of hydrogen-bond donors (Lipinski definition) is 1. The molecule has 0 saturated carbocycles. The molecule has 0 radical (unpaired) electrons. The molecule has 0 aromatic heterocycles. The Labute approximate surface area is 114 Å². The lowest BCUT2D eigenvalue weighted by atomic mass is 9.96.